The number of nitrogens with zero attached hydrogens (tertiary/aromatic N) is 5. The van der Waals surface area contributed by atoms with Crippen molar-refractivity contribution in [1.82, 2.24) is 25.1 Å². The molecule has 2 fully saturated rings. The lowest BCUT2D eigenvalue weighted by atomic mass is 9.98. The molecule has 0 aliphatic carbocycles. The molecule has 0 spiro atoms. The Morgan fingerprint density at radius 2 is 1.82 bits per heavy atom. The largest absolute Gasteiger partial charge is 0.351 e. The average molecular weight is 485 g/mol. The van der Waals surface area contributed by atoms with Crippen LogP contribution < -0.4 is 10.2 Å². The Morgan fingerprint density at radius 1 is 1.09 bits per heavy atom. The van der Waals surface area contributed by atoms with E-state index in [2.05, 4.69) is 49.0 Å². The number of piperidine rings is 1. The van der Waals surface area contributed by atoms with Crippen LogP contribution in [0, 0.1) is 6.92 Å². The lowest BCUT2D eigenvalue weighted by Gasteiger charge is -2.47. The summed E-state index contributed by atoms with van der Waals surface area (Å²) >= 11 is 6.03. The van der Waals surface area contributed by atoms with E-state index in [9.17, 15) is 4.79 Å². The molecule has 1 aromatic heterocycles. The molecular weight excluding hydrogens is 448 g/mol. The number of nitrogens with one attached hydrogen (secondary N) is 1. The lowest BCUT2D eigenvalue weighted by molar-refractivity contribution is 0.0608. The van der Waals surface area contributed by atoms with Crippen LogP contribution in [0.1, 0.15) is 54.9 Å². The van der Waals surface area contributed by atoms with Gasteiger partial charge in [0.1, 0.15) is 5.69 Å². The monoisotopic (exact) mass is 484 g/mol. The fourth-order valence-corrected chi connectivity index (χ4v) is 5.34. The quantitative estimate of drug-likeness (QED) is 0.645. The van der Waals surface area contributed by atoms with Gasteiger partial charge in [0.2, 0.25) is 5.95 Å². The van der Waals surface area contributed by atoms with Gasteiger partial charge >= 0.3 is 0 Å². The fourth-order valence-electron chi connectivity index (χ4n) is 5.21. The summed E-state index contributed by atoms with van der Waals surface area (Å²) in [6.07, 6.45) is 3.50. The second-order valence-electron chi connectivity index (χ2n) is 9.43. The number of aryl methyl sites for hydroxylation is 1. The lowest BCUT2D eigenvalue weighted by Crippen LogP contribution is -2.58. The topological polar surface area (TPSA) is 64.6 Å². The number of hydrogen-bond acceptors (Lipinski definition) is 6. The van der Waals surface area contributed by atoms with E-state index in [-0.39, 0.29) is 5.91 Å². The smallest absolute Gasteiger partial charge is 0.270 e. The predicted octanol–water partition coefficient (Wildman–Crippen LogP) is 3.75. The number of amides is 1. The van der Waals surface area contributed by atoms with Crippen molar-refractivity contribution < 1.29 is 4.79 Å². The van der Waals surface area contributed by atoms with E-state index in [4.69, 9.17) is 11.6 Å². The molecule has 2 aromatic rings. The summed E-state index contributed by atoms with van der Waals surface area (Å²) in [5, 5.41) is 3.64. The zero-order valence-corrected chi connectivity index (χ0v) is 21.4. The number of benzene rings is 1. The van der Waals surface area contributed by atoms with Crippen molar-refractivity contribution in [3.8, 4) is 0 Å². The molecule has 8 heteroatoms. The second-order valence-corrected chi connectivity index (χ2v) is 9.87. The van der Waals surface area contributed by atoms with Crippen LogP contribution >= 0.6 is 11.6 Å². The highest BCUT2D eigenvalue weighted by Gasteiger charge is 2.34. The average Bonchev–Trinajstić information content (AvgIpc) is 2.85. The van der Waals surface area contributed by atoms with Crippen LogP contribution in [0.5, 0.6) is 0 Å². The van der Waals surface area contributed by atoms with E-state index in [0.29, 0.717) is 30.3 Å². The highest BCUT2D eigenvalue weighted by molar-refractivity contribution is 6.30. The summed E-state index contributed by atoms with van der Waals surface area (Å²) < 4.78 is 0. The number of hydrogen-bond donors (Lipinski definition) is 1. The van der Waals surface area contributed by atoms with Crippen molar-refractivity contribution >= 4 is 23.5 Å². The Balaban J connectivity index is 1.35. The summed E-state index contributed by atoms with van der Waals surface area (Å²) in [5.74, 6) is 0.544. The Bertz CT molecular complexity index is 960. The molecular formula is C26H37ClN6O. The first kappa shape index (κ1) is 24.9. The maximum absolute atomic E-state index is 12.3. The zero-order valence-electron chi connectivity index (χ0n) is 20.6. The van der Waals surface area contributed by atoms with E-state index >= 15 is 0 Å². The first-order chi connectivity index (χ1) is 16.5. The van der Waals surface area contributed by atoms with Crippen LogP contribution in [-0.2, 0) is 6.54 Å². The van der Waals surface area contributed by atoms with Gasteiger partial charge in [0, 0.05) is 55.5 Å². The molecule has 2 aliphatic rings. The van der Waals surface area contributed by atoms with Gasteiger partial charge in [0.05, 0.1) is 0 Å². The van der Waals surface area contributed by atoms with Crippen molar-refractivity contribution in [2.24, 2.45) is 0 Å². The van der Waals surface area contributed by atoms with E-state index in [1.807, 2.05) is 26.0 Å². The third kappa shape index (κ3) is 6.06. The van der Waals surface area contributed by atoms with Crippen LogP contribution in [0.25, 0.3) is 0 Å². The molecule has 2 saturated heterocycles. The predicted molar refractivity (Wildman–Crippen MR) is 138 cm³/mol. The molecule has 4 rings (SSSR count). The molecule has 1 aromatic carbocycles. The van der Waals surface area contributed by atoms with Gasteiger partial charge in [-0.3, -0.25) is 14.6 Å². The third-order valence-corrected chi connectivity index (χ3v) is 7.29. The summed E-state index contributed by atoms with van der Waals surface area (Å²) in [7, 11) is 0. The summed E-state index contributed by atoms with van der Waals surface area (Å²) in [5.41, 5.74) is 2.61. The van der Waals surface area contributed by atoms with Crippen LogP contribution in [0.2, 0.25) is 5.02 Å². The number of halogens is 1. The minimum Gasteiger partial charge on any atom is -0.351 e. The maximum Gasteiger partial charge on any atom is 0.270 e. The van der Waals surface area contributed by atoms with Gasteiger partial charge < -0.3 is 10.2 Å². The molecule has 0 bridgehead atoms. The van der Waals surface area contributed by atoms with Crippen molar-refractivity contribution in [2.45, 2.75) is 58.7 Å². The standard InChI is InChI=1S/C26H37ClN6O/c1-4-22-18-32(26-29-19(3)16-24(30-26)25(34)28-5-2)14-15-33(22)23-10-12-31(13-11-23)17-20-6-8-21(27)9-7-20/h6-9,16,22-23H,4-5,10-15,17-18H2,1-3H3,(H,28,34)/t22-/m0/s1. The Kier molecular flexibility index (Phi) is 8.40. The summed E-state index contributed by atoms with van der Waals surface area (Å²) in [6, 6.07) is 11.1. The molecule has 34 heavy (non-hydrogen) atoms. The van der Waals surface area contributed by atoms with Gasteiger partial charge in [0.25, 0.3) is 5.91 Å². The molecule has 1 N–H and O–H groups in total. The number of anilines is 1. The molecule has 184 valence electrons. The van der Waals surface area contributed by atoms with Gasteiger partial charge in [0.15, 0.2) is 0 Å². The molecule has 3 heterocycles. The number of aromatic nitrogens is 2. The minimum atomic E-state index is -0.134. The number of carbonyl (C=O) groups is 1. The van der Waals surface area contributed by atoms with Crippen LogP contribution in [0.4, 0.5) is 5.95 Å². The zero-order chi connectivity index (χ0) is 24.1. The molecule has 2 aliphatic heterocycles. The normalized spacial score (nSPS) is 20.5. The first-order valence-electron chi connectivity index (χ1n) is 12.6. The number of rotatable bonds is 7. The highest BCUT2D eigenvalue weighted by Crippen LogP contribution is 2.26. The first-order valence-corrected chi connectivity index (χ1v) is 13.0. The molecule has 1 atom stereocenters. The van der Waals surface area contributed by atoms with Crippen molar-refractivity contribution in [3.05, 3.63) is 52.3 Å². The second kappa shape index (κ2) is 11.5. The molecule has 7 nitrogen and oxygen atoms in total. The highest BCUT2D eigenvalue weighted by atomic mass is 35.5. The van der Waals surface area contributed by atoms with Gasteiger partial charge in [-0.25, -0.2) is 9.97 Å². The Labute approximate surface area is 208 Å². The van der Waals surface area contributed by atoms with E-state index in [1.54, 1.807) is 6.07 Å². The Hall–Kier alpha value is -2.22. The van der Waals surface area contributed by atoms with Gasteiger partial charge in [-0.05, 0) is 70.0 Å². The molecule has 1 amide bonds. The van der Waals surface area contributed by atoms with E-state index in [1.165, 1.54) is 18.4 Å². The molecule has 0 unspecified atom stereocenters. The number of carbonyl (C=O) groups excluding carboxylic acids is 1. The third-order valence-electron chi connectivity index (χ3n) is 7.04. The molecule has 0 saturated carbocycles. The summed E-state index contributed by atoms with van der Waals surface area (Å²) in [4.78, 5) is 29.1. The van der Waals surface area contributed by atoms with Crippen molar-refractivity contribution in [3.63, 3.8) is 0 Å². The fraction of sp³-hybridized carbons (Fsp3) is 0.577. The van der Waals surface area contributed by atoms with Crippen LogP contribution in [0.15, 0.2) is 30.3 Å². The SMILES string of the molecule is CCNC(=O)c1cc(C)nc(N2CCN(C3CCN(Cc4ccc(Cl)cc4)CC3)[C@@H](CC)C2)n1. The van der Waals surface area contributed by atoms with E-state index in [0.717, 1.165) is 56.4 Å². The van der Waals surface area contributed by atoms with E-state index < -0.39 is 0 Å². The number of piperazine rings is 1. The van der Waals surface area contributed by atoms with Crippen molar-refractivity contribution in [1.29, 1.82) is 0 Å². The minimum absolute atomic E-state index is 0.134. The summed E-state index contributed by atoms with van der Waals surface area (Å²) in [6.45, 7) is 12.8. The Morgan fingerprint density at radius 3 is 2.50 bits per heavy atom. The van der Waals surface area contributed by atoms with Gasteiger partial charge in [-0.15, -0.1) is 0 Å². The maximum atomic E-state index is 12.3. The van der Waals surface area contributed by atoms with Gasteiger partial charge in [-0.2, -0.15) is 0 Å². The number of likely N-dealkylation sites (tertiary alicyclic amines) is 1. The van der Waals surface area contributed by atoms with Crippen LogP contribution in [0.3, 0.4) is 0 Å². The van der Waals surface area contributed by atoms with Crippen molar-refractivity contribution in [2.75, 3.05) is 44.2 Å². The van der Waals surface area contributed by atoms with Crippen LogP contribution in [-0.4, -0.2) is 77.0 Å². The molecule has 0 radical (unpaired) electrons. The van der Waals surface area contributed by atoms with Gasteiger partial charge in [-0.1, -0.05) is 30.7 Å².